The van der Waals surface area contributed by atoms with Gasteiger partial charge in [0.1, 0.15) is 6.10 Å². The van der Waals surface area contributed by atoms with Gasteiger partial charge < -0.3 is 4.74 Å². The lowest BCUT2D eigenvalue weighted by atomic mass is 9.75. The zero-order chi connectivity index (χ0) is 17.1. The van der Waals surface area contributed by atoms with Crippen LogP contribution in [0.5, 0.6) is 0 Å². The molecule has 0 aliphatic heterocycles. The summed E-state index contributed by atoms with van der Waals surface area (Å²) in [6.45, 7) is 3.56. The van der Waals surface area contributed by atoms with E-state index in [1.165, 1.54) is 17.4 Å². The van der Waals surface area contributed by atoms with E-state index in [2.05, 4.69) is 22.6 Å². The molecule has 122 valence electrons. The van der Waals surface area contributed by atoms with Crippen LogP contribution in [0, 0.1) is 11.3 Å². The van der Waals surface area contributed by atoms with E-state index in [-0.39, 0.29) is 12.0 Å². The number of fused-ring (bicyclic) bond motifs is 1. The summed E-state index contributed by atoms with van der Waals surface area (Å²) in [5.74, 6) is 0.181. The molecule has 3 rings (SSSR count). The number of aliphatic imine (C=N–C) groups is 1. The summed E-state index contributed by atoms with van der Waals surface area (Å²) in [4.78, 5) is 21.4. The van der Waals surface area contributed by atoms with Gasteiger partial charge in [0.2, 0.25) is 0 Å². The van der Waals surface area contributed by atoms with Crippen LogP contribution in [-0.2, 0) is 4.74 Å². The highest BCUT2D eigenvalue weighted by atomic mass is 32.1. The minimum atomic E-state index is -0.494. The van der Waals surface area contributed by atoms with Crippen LogP contribution >= 0.6 is 11.3 Å². The van der Waals surface area contributed by atoms with Crippen molar-refractivity contribution in [3.63, 3.8) is 0 Å². The van der Waals surface area contributed by atoms with E-state index in [1.807, 2.05) is 12.1 Å². The van der Waals surface area contributed by atoms with Crippen molar-refractivity contribution in [2.24, 2.45) is 4.99 Å². The molecule has 1 heterocycles. The molecule has 0 radical (unpaired) electrons. The van der Waals surface area contributed by atoms with Gasteiger partial charge in [0.05, 0.1) is 33.7 Å². The van der Waals surface area contributed by atoms with Crippen LogP contribution < -0.4 is 0 Å². The van der Waals surface area contributed by atoms with Gasteiger partial charge in [-0.15, -0.1) is 11.3 Å². The molecule has 1 amide bonds. The number of ether oxygens (including phenoxy) is 1. The summed E-state index contributed by atoms with van der Waals surface area (Å²) < 4.78 is 6.51. The zero-order valence-corrected chi connectivity index (χ0v) is 14.0. The Balaban J connectivity index is 1.71. The molecule has 1 aromatic heterocycles. The fourth-order valence-electron chi connectivity index (χ4n) is 2.86. The second-order valence-electron chi connectivity index (χ2n) is 5.48. The van der Waals surface area contributed by atoms with Gasteiger partial charge in [0, 0.05) is 18.8 Å². The number of nitrogens with zero attached hydrogens (tertiary/aromatic N) is 4. The molecular weight excluding hydrogens is 324 g/mol. The highest BCUT2D eigenvalue weighted by Gasteiger charge is 2.36. The molecule has 0 saturated heterocycles. The minimum absolute atomic E-state index is 0.171. The zero-order valence-electron chi connectivity index (χ0n) is 13.2. The van der Waals surface area contributed by atoms with Crippen molar-refractivity contribution >= 4 is 34.0 Å². The van der Waals surface area contributed by atoms with Crippen molar-refractivity contribution in [1.82, 2.24) is 9.88 Å². The molecule has 0 unspecified atom stereocenters. The number of hydrogen-bond donors (Lipinski definition) is 0. The fraction of sp³-hybridized carbons (Fsp3) is 0.294. The summed E-state index contributed by atoms with van der Waals surface area (Å²) in [6.07, 6.45) is 3.42. The number of hydrogen-bond acceptors (Lipinski definition) is 6. The van der Waals surface area contributed by atoms with Gasteiger partial charge in [0.15, 0.2) is 0 Å². The van der Waals surface area contributed by atoms with E-state index >= 15 is 0 Å². The van der Waals surface area contributed by atoms with Gasteiger partial charge in [-0.25, -0.2) is 14.7 Å². The lowest BCUT2D eigenvalue weighted by Crippen LogP contribution is -2.36. The molecule has 0 atom stereocenters. The Morgan fingerprint density at radius 3 is 3.04 bits per heavy atom. The number of nitriles is 1. The summed E-state index contributed by atoms with van der Waals surface area (Å²) >= 11 is 1.56. The Hall–Kier alpha value is -2.72. The molecular formula is C17H16N4O2S. The van der Waals surface area contributed by atoms with Gasteiger partial charge >= 0.3 is 6.09 Å². The van der Waals surface area contributed by atoms with E-state index in [0.29, 0.717) is 18.4 Å². The number of thiazole rings is 1. The quantitative estimate of drug-likeness (QED) is 0.628. The molecule has 2 aromatic rings. The SMILES string of the molecule is C=CN(C=NC)C(=O)OC1CC(c2c(C#N)ccc3scnc23)C1. The molecule has 1 fully saturated rings. The third-order valence-electron chi connectivity index (χ3n) is 4.08. The largest absolute Gasteiger partial charge is 0.446 e. The Bertz CT molecular complexity index is 846. The van der Waals surface area contributed by atoms with Crippen molar-refractivity contribution in [3.8, 4) is 6.07 Å². The normalized spacial score (nSPS) is 19.7. The first kappa shape index (κ1) is 16.1. The van der Waals surface area contributed by atoms with E-state index in [9.17, 15) is 10.1 Å². The number of amides is 1. The molecule has 1 aromatic carbocycles. The smallest absolute Gasteiger partial charge is 0.419 e. The van der Waals surface area contributed by atoms with Crippen molar-refractivity contribution in [2.75, 3.05) is 7.05 Å². The van der Waals surface area contributed by atoms with Crippen LogP contribution in [0.2, 0.25) is 0 Å². The molecule has 0 N–H and O–H groups in total. The van der Waals surface area contributed by atoms with Gasteiger partial charge in [-0.05, 0) is 30.9 Å². The first-order valence-corrected chi connectivity index (χ1v) is 8.35. The standard InChI is InChI=1S/C17H16N4O2S/c1-3-21(9-19-2)17(22)23-13-6-12(7-13)15-11(8-18)4-5-14-16(15)20-10-24-14/h3-5,9-10,12-13H,1,6-7H2,2H3. The summed E-state index contributed by atoms with van der Waals surface area (Å²) in [5, 5.41) is 9.37. The Kier molecular flexibility index (Phi) is 4.58. The van der Waals surface area contributed by atoms with Crippen LogP contribution in [0.3, 0.4) is 0 Å². The Morgan fingerprint density at radius 2 is 2.38 bits per heavy atom. The second-order valence-corrected chi connectivity index (χ2v) is 6.36. The van der Waals surface area contributed by atoms with Crippen LogP contribution in [0.4, 0.5) is 4.79 Å². The molecule has 1 aliphatic carbocycles. The summed E-state index contributed by atoms with van der Waals surface area (Å²) in [5.41, 5.74) is 4.30. The number of carbonyl (C=O) groups is 1. The molecule has 6 nitrogen and oxygen atoms in total. The van der Waals surface area contributed by atoms with E-state index in [0.717, 1.165) is 15.8 Å². The summed E-state index contributed by atoms with van der Waals surface area (Å²) in [6, 6.07) is 6.01. The van der Waals surface area contributed by atoms with Crippen LogP contribution in [0.15, 0.2) is 35.4 Å². The van der Waals surface area contributed by atoms with Crippen LogP contribution in [0.25, 0.3) is 10.2 Å². The predicted octanol–water partition coefficient (Wildman–Crippen LogP) is 3.65. The Labute approximate surface area is 143 Å². The average Bonchev–Trinajstić information content (AvgIpc) is 3.03. The second kappa shape index (κ2) is 6.81. The fourth-order valence-corrected chi connectivity index (χ4v) is 3.55. The molecule has 1 aliphatic rings. The minimum Gasteiger partial charge on any atom is -0.446 e. The first-order chi connectivity index (χ1) is 11.7. The maximum atomic E-state index is 12.0. The first-order valence-electron chi connectivity index (χ1n) is 7.48. The monoisotopic (exact) mass is 340 g/mol. The van der Waals surface area contributed by atoms with E-state index in [1.54, 1.807) is 23.9 Å². The number of rotatable bonds is 4. The van der Waals surface area contributed by atoms with Gasteiger partial charge in [-0.1, -0.05) is 6.58 Å². The van der Waals surface area contributed by atoms with Crippen molar-refractivity contribution in [1.29, 1.82) is 5.26 Å². The van der Waals surface area contributed by atoms with Gasteiger partial charge in [-0.2, -0.15) is 5.26 Å². The topological polar surface area (TPSA) is 78.6 Å². The lowest BCUT2D eigenvalue weighted by Gasteiger charge is -2.36. The molecule has 0 spiro atoms. The average molecular weight is 340 g/mol. The molecule has 24 heavy (non-hydrogen) atoms. The number of aromatic nitrogens is 1. The molecule has 0 bridgehead atoms. The maximum Gasteiger partial charge on any atom is 0.419 e. The van der Waals surface area contributed by atoms with Gasteiger partial charge in [-0.3, -0.25) is 4.99 Å². The van der Waals surface area contributed by atoms with Crippen molar-refractivity contribution < 1.29 is 9.53 Å². The number of carbonyl (C=O) groups excluding carboxylic acids is 1. The highest BCUT2D eigenvalue weighted by molar-refractivity contribution is 7.16. The summed E-state index contributed by atoms with van der Waals surface area (Å²) in [7, 11) is 1.57. The van der Waals surface area contributed by atoms with Gasteiger partial charge in [0.25, 0.3) is 0 Å². The van der Waals surface area contributed by atoms with Crippen molar-refractivity contribution in [3.05, 3.63) is 41.5 Å². The number of benzene rings is 1. The third-order valence-corrected chi connectivity index (χ3v) is 4.87. The van der Waals surface area contributed by atoms with Crippen molar-refractivity contribution in [2.45, 2.75) is 24.9 Å². The van der Waals surface area contributed by atoms with E-state index < -0.39 is 6.09 Å². The Morgan fingerprint density at radius 1 is 1.58 bits per heavy atom. The molecule has 1 saturated carbocycles. The van der Waals surface area contributed by atoms with E-state index in [4.69, 9.17) is 4.74 Å². The van der Waals surface area contributed by atoms with Crippen LogP contribution in [-0.4, -0.2) is 35.5 Å². The highest BCUT2D eigenvalue weighted by Crippen LogP contribution is 2.43. The maximum absolute atomic E-state index is 12.0. The van der Waals surface area contributed by atoms with Crippen LogP contribution in [0.1, 0.15) is 29.9 Å². The third kappa shape index (κ3) is 2.88. The lowest BCUT2D eigenvalue weighted by molar-refractivity contribution is 0.0318. The predicted molar refractivity (Wildman–Crippen MR) is 93.0 cm³/mol. The molecule has 7 heteroatoms.